The predicted molar refractivity (Wildman–Crippen MR) is 48.0 cm³/mol. The Hall–Kier alpha value is -1.88. The molecular weight excluding hydrogens is 186 g/mol. The molecule has 14 heavy (non-hydrogen) atoms. The second-order valence-corrected chi connectivity index (χ2v) is 2.90. The summed E-state index contributed by atoms with van der Waals surface area (Å²) in [4.78, 5) is 22.1. The lowest BCUT2D eigenvalue weighted by Crippen LogP contribution is -2.06. The molecule has 0 amide bonds. The van der Waals surface area contributed by atoms with Crippen LogP contribution in [0.4, 0.5) is 5.69 Å². The highest BCUT2D eigenvalue weighted by Gasteiger charge is 2.29. The molecule has 0 bridgehead atoms. The average molecular weight is 192 g/mol. The van der Waals surface area contributed by atoms with Gasteiger partial charge in [0.05, 0.1) is 11.1 Å². The quantitative estimate of drug-likeness (QED) is 0.376. The van der Waals surface area contributed by atoms with E-state index in [4.69, 9.17) is 0 Å². The van der Waals surface area contributed by atoms with Crippen LogP contribution in [0.1, 0.15) is 20.7 Å². The van der Waals surface area contributed by atoms with Gasteiger partial charge in [-0.1, -0.05) is 0 Å². The van der Waals surface area contributed by atoms with Crippen molar-refractivity contribution >= 4 is 17.6 Å². The summed E-state index contributed by atoms with van der Waals surface area (Å²) >= 11 is 0. The number of esters is 2. The number of carbonyl (C=O) groups excluding carboxylic acids is 2. The molecule has 0 fully saturated rings. The molecule has 0 aliphatic carbocycles. The largest absolute Gasteiger partial charge is 0.758 e. The van der Waals surface area contributed by atoms with Gasteiger partial charge in [-0.05, 0) is 25.2 Å². The monoisotopic (exact) mass is 192 g/mol. The van der Waals surface area contributed by atoms with E-state index in [1.54, 1.807) is 0 Å². The minimum atomic E-state index is -0.700. The first kappa shape index (κ1) is 8.71. The van der Waals surface area contributed by atoms with E-state index in [-0.39, 0.29) is 11.1 Å². The van der Waals surface area contributed by atoms with E-state index in [2.05, 4.69) is 4.74 Å². The topological polar surface area (TPSA) is 69.7 Å². The fourth-order valence-corrected chi connectivity index (χ4v) is 1.27. The Morgan fingerprint density at radius 1 is 1.21 bits per heavy atom. The Morgan fingerprint density at radius 2 is 1.86 bits per heavy atom. The Labute approximate surface area is 79.5 Å². The van der Waals surface area contributed by atoms with Gasteiger partial charge in [-0.15, -0.1) is 0 Å². The van der Waals surface area contributed by atoms with Crippen molar-refractivity contribution in [3.05, 3.63) is 34.5 Å². The number of hydroxylamine groups is 1. The normalized spacial score (nSPS) is 13.9. The maximum atomic E-state index is 11.1. The van der Waals surface area contributed by atoms with Crippen LogP contribution in [-0.4, -0.2) is 19.0 Å². The van der Waals surface area contributed by atoms with E-state index < -0.39 is 11.9 Å². The van der Waals surface area contributed by atoms with Crippen LogP contribution in [-0.2, 0) is 4.74 Å². The van der Waals surface area contributed by atoms with Crippen LogP contribution in [0.15, 0.2) is 18.2 Å². The third kappa shape index (κ3) is 1.14. The second kappa shape index (κ2) is 2.81. The molecule has 0 saturated carbocycles. The number of cyclic esters (lactones) is 2. The number of anilines is 1. The number of fused-ring (bicyclic) bond motifs is 1. The Morgan fingerprint density at radius 3 is 2.50 bits per heavy atom. The maximum Gasteiger partial charge on any atom is 0.346 e. The molecule has 1 aromatic carbocycles. The van der Waals surface area contributed by atoms with Gasteiger partial charge in [0.1, 0.15) is 0 Å². The fourth-order valence-electron chi connectivity index (χ4n) is 1.27. The van der Waals surface area contributed by atoms with Gasteiger partial charge in [-0.2, -0.15) is 0 Å². The molecule has 5 heteroatoms. The molecule has 5 nitrogen and oxygen atoms in total. The smallest absolute Gasteiger partial charge is 0.346 e. The van der Waals surface area contributed by atoms with Crippen LogP contribution >= 0.6 is 0 Å². The number of hydrogen-bond acceptors (Lipinski definition) is 5. The second-order valence-electron chi connectivity index (χ2n) is 2.90. The summed E-state index contributed by atoms with van der Waals surface area (Å²) in [6.07, 6.45) is 0. The molecule has 0 saturated heterocycles. The van der Waals surface area contributed by atoms with E-state index in [0.29, 0.717) is 10.8 Å². The summed E-state index contributed by atoms with van der Waals surface area (Å²) in [7, 11) is 1.31. The predicted octanol–water partition coefficient (Wildman–Crippen LogP) is 0.931. The minimum absolute atomic E-state index is 0.148. The lowest BCUT2D eigenvalue weighted by atomic mass is 10.1. The summed E-state index contributed by atoms with van der Waals surface area (Å²) < 4.78 is 4.37. The molecule has 0 unspecified atom stereocenters. The van der Waals surface area contributed by atoms with E-state index in [1.807, 2.05) is 0 Å². The van der Waals surface area contributed by atoms with Gasteiger partial charge in [0.15, 0.2) is 0 Å². The Balaban J connectivity index is 2.55. The van der Waals surface area contributed by atoms with Crippen molar-refractivity contribution in [1.29, 1.82) is 0 Å². The van der Waals surface area contributed by atoms with Gasteiger partial charge < -0.3 is 15.0 Å². The van der Waals surface area contributed by atoms with Crippen molar-refractivity contribution < 1.29 is 14.3 Å². The minimum Gasteiger partial charge on any atom is -0.758 e. The number of benzene rings is 1. The van der Waals surface area contributed by atoms with E-state index in [1.165, 1.54) is 25.2 Å². The molecule has 0 N–H and O–H groups in total. The average Bonchev–Trinajstić information content (AvgIpc) is 2.42. The highest BCUT2D eigenvalue weighted by Crippen LogP contribution is 2.24. The third-order valence-corrected chi connectivity index (χ3v) is 1.99. The maximum absolute atomic E-state index is 11.1. The summed E-state index contributed by atoms with van der Waals surface area (Å²) in [5, 5.41) is 11.5. The summed E-state index contributed by atoms with van der Waals surface area (Å²) in [6.45, 7) is 0. The first-order chi connectivity index (χ1) is 6.59. The number of carbonyl (C=O) groups is 2. The first-order valence-electron chi connectivity index (χ1n) is 3.91. The van der Waals surface area contributed by atoms with Gasteiger partial charge in [-0.25, -0.2) is 9.59 Å². The Kier molecular flexibility index (Phi) is 1.75. The van der Waals surface area contributed by atoms with E-state index in [9.17, 15) is 14.8 Å². The molecule has 1 aliphatic rings. The zero-order valence-corrected chi connectivity index (χ0v) is 7.31. The molecule has 0 aromatic heterocycles. The zero-order chi connectivity index (χ0) is 10.3. The summed E-state index contributed by atoms with van der Waals surface area (Å²) in [5.74, 6) is -1.36. The molecule has 1 heterocycles. The molecular formula is C9H6NO4-. The number of nitrogens with zero attached hydrogens (tertiary/aromatic N) is 1. The lowest BCUT2D eigenvalue weighted by Gasteiger charge is -2.24. The van der Waals surface area contributed by atoms with Gasteiger partial charge >= 0.3 is 11.9 Å². The highest BCUT2D eigenvalue weighted by molar-refractivity contribution is 6.15. The molecule has 0 radical (unpaired) electrons. The van der Waals surface area contributed by atoms with Crippen LogP contribution in [0, 0.1) is 5.21 Å². The lowest BCUT2D eigenvalue weighted by molar-refractivity contribution is 0.0444. The van der Waals surface area contributed by atoms with Crippen molar-refractivity contribution in [3.63, 3.8) is 0 Å². The summed E-state index contributed by atoms with van der Waals surface area (Å²) in [5.41, 5.74) is 0.672. The number of ether oxygens (including phenoxy) is 1. The SMILES string of the molecule is CN([O-])c1ccc2c(c1)C(=O)OC2=O. The fraction of sp³-hybridized carbons (Fsp3) is 0.111. The molecule has 0 atom stereocenters. The van der Waals surface area contributed by atoms with Crippen LogP contribution in [0.3, 0.4) is 0 Å². The highest BCUT2D eigenvalue weighted by atomic mass is 16.6. The zero-order valence-electron chi connectivity index (χ0n) is 7.31. The van der Waals surface area contributed by atoms with Crippen molar-refractivity contribution in [2.24, 2.45) is 0 Å². The third-order valence-electron chi connectivity index (χ3n) is 1.99. The van der Waals surface area contributed by atoms with E-state index in [0.717, 1.165) is 0 Å². The van der Waals surface area contributed by atoms with Crippen LogP contribution in [0.25, 0.3) is 0 Å². The van der Waals surface area contributed by atoms with Gasteiger partial charge in [-0.3, -0.25) is 0 Å². The van der Waals surface area contributed by atoms with Gasteiger partial charge in [0, 0.05) is 5.69 Å². The van der Waals surface area contributed by atoms with Crippen molar-refractivity contribution in [2.45, 2.75) is 0 Å². The molecule has 2 rings (SSSR count). The Bertz CT molecular complexity index is 425. The van der Waals surface area contributed by atoms with E-state index >= 15 is 0 Å². The van der Waals surface area contributed by atoms with Crippen LogP contribution in [0.2, 0.25) is 0 Å². The van der Waals surface area contributed by atoms with Crippen molar-refractivity contribution in [1.82, 2.24) is 0 Å². The van der Waals surface area contributed by atoms with Crippen molar-refractivity contribution in [3.8, 4) is 0 Å². The number of hydrogen-bond donors (Lipinski definition) is 0. The molecule has 1 aliphatic heterocycles. The van der Waals surface area contributed by atoms with Crippen molar-refractivity contribution in [2.75, 3.05) is 12.1 Å². The standard InChI is InChI=1S/C9H6NO4/c1-10(13)5-2-3-6-7(4-5)9(12)14-8(6)11/h2-4H,1H3/q-1. The molecule has 0 spiro atoms. The van der Waals surface area contributed by atoms with Crippen LogP contribution < -0.4 is 5.06 Å². The summed E-state index contributed by atoms with van der Waals surface area (Å²) in [6, 6.07) is 4.22. The molecule has 72 valence electrons. The molecule has 1 aromatic rings. The van der Waals surface area contributed by atoms with Crippen LogP contribution in [0.5, 0.6) is 0 Å². The number of rotatable bonds is 1. The first-order valence-corrected chi connectivity index (χ1v) is 3.91. The van der Waals surface area contributed by atoms with Gasteiger partial charge in [0.25, 0.3) is 0 Å². The van der Waals surface area contributed by atoms with Gasteiger partial charge in [0.2, 0.25) is 0 Å².